The van der Waals surface area contributed by atoms with Gasteiger partial charge in [0.05, 0.1) is 0 Å². The number of nitrogens with zero attached hydrogens (tertiary/aromatic N) is 2. The van der Waals surface area contributed by atoms with Gasteiger partial charge in [0.25, 0.3) is 0 Å². The Labute approximate surface area is 75.3 Å². The van der Waals surface area contributed by atoms with Crippen molar-refractivity contribution in [3.05, 3.63) is 0 Å². The van der Waals surface area contributed by atoms with Crippen molar-refractivity contribution in [3.8, 4) is 0 Å². The molecule has 1 fully saturated rings. The van der Waals surface area contributed by atoms with Gasteiger partial charge in [0, 0.05) is 31.7 Å². The zero-order valence-electron chi connectivity index (χ0n) is 8.21. The van der Waals surface area contributed by atoms with E-state index in [0.29, 0.717) is 0 Å². The van der Waals surface area contributed by atoms with Crippen LogP contribution in [0.1, 0.15) is 20.3 Å². The lowest BCUT2D eigenvalue weighted by atomic mass is 10.1. The number of hydrogen-bond donors (Lipinski definition) is 1. The molecule has 3 nitrogen and oxygen atoms in total. The van der Waals surface area contributed by atoms with Crippen molar-refractivity contribution < 1.29 is 0 Å². The molecule has 0 aromatic carbocycles. The van der Waals surface area contributed by atoms with Gasteiger partial charge in [0.15, 0.2) is 0 Å². The Morgan fingerprint density at radius 3 is 2.75 bits per heavy atom. The quantitative estimate of drug-likeness (QED) is 0.635. The van der Waals surface area contributed by atoms with Crippen molar-refractivity contribution >= 4 is 0 Å². The summed E-state index contributed by atoms with van der Waals surface area (Å²) in [5.41, 5.74) is 5.88. The van der Waals surface area contributed by atoms with Crippen molar-refractivity contribution in [2.75, 3.05) is 32.7 Å². The smallest absolute Gasteiger partial charge is 0.0261 e. The van der Waals surface area contributed by atoms with E-state index in [4.69, 9.17) is 5.73 Å². The zero-order valence-corrected chi connectivity index (χ0v) is 8.21. The maximum absolute atomic E-state index is 5.95. The highest BCUT2D eigenvalue weighted by Gasteiger charge is 2.17. The zero-order chi connectivity index (χ0) is 9.03. The highest BCUT2D eigenvalue weighted by Crippen LogP contribution is 2.03. The second-order valence-electron chi connectivity index (χ2n) is 4.29. The van der Waals surface area contributed by atoms with Crippen molar-refractivity contribution in [2.45, 2.75) is 25.8 Å². The molecule has 0 atom stereocenters. The van der Waals surface area contributed by atoms with E-state index < -0.39 is 0 Å². The standard InChI is InChI=1S/C9H20N3/c1-9(2,10)8-12-6-3-4-11-5-7-12/h3-8,10H2,1-2H3. The van der Waals surface area contributed by atoms with E-state index in [1.807, 2.05) is 0 Å². The van der Waals surface area contributed by atoms with Gasteiger partial charge in [-0.3, -0.25) is 0 Å². The molecule has 1 aliphatic rings. The number of nitrogens with two attached hydrogens (primary N) is 1. The van der Waals surface area contributed by atoms with Crippen LogP contribution in [0.5, 0.6) is 0 Å². The second kappa shape index (κ2) is 4.21. The molecular formula is C9H20N3. The molecular weight excluding hydrogens is 150 g/mol. The summed E-state index contributed by atoms with van der Waals surface area (Å²) in [5.74, 6) is 0. The highest BCUT2D eigenvalue weighted by molar-refractivity contribution is 4.78. The third-order valence-corrected chi connectivity index (χ3v) is 2.00. The van der Waals surface area contributed by atoms with Crippen LogP contribution in [0, 0.1) is 0 Å². The second-order valence-corrected chi connectivity index (χ2v) is 4.29. The molecule has 1 aliphatic heterocycles. The van der Waals surface area contributed by atoms with Crippen molar-refractivity contribution in [3.63, 3.8) is 0 Å². The van der Waals surface area contributed by atoms with Crippen molar-refractivity contribution in [2.24, 2.45) is 5.73 Å². The van der Waals surface area contributed by atoms with E-state index in [2.05, 4.69) is 24.1 Å². The molecule has 71 valence electrons. The first kappa shape index (κ1) is 9.96. The van der Waals surface area contributed by atoms with Gasteiger partial charge in [-0.1, -0.05) is 0 Å². The van der Waals surface area contributed by atoms with Crippen LogP contribution in [-0.4, -0.2) is 43.2 Å². The first-order valence-electron chi connectivity index (χ1n) is 4.72. The average Bonchev–Trinajstić information content (AvgIpc) is 2.12. The maximum Gasteiger partial charge on any atom is 0.0261 e. The molecule has 1 rings (SSSR count). The van der Waals surface area contributed by atoms with E-state index in [1.165, 1.54) is 6.42 Å². The minimum absolute atomic E-state index is 0.0651. The Bertz CT molecular complexity index is 120. The molecule has 0 bridgehead atoms. The summed E-state index contributed by atoms with van der Waals surface area (Å²) in [4.78, 5) is 2.41. The van der Waals surface area contributed by atoms with E-state index in [1.54, 1.807) is 0 Å². The molecule has 0 saturated carbocycles. The summed E-state index contributed by atoms with van der Waals surface area (Å²) < 4.78 is 0. The van der Waals surface area contributed by atoms with Crippen LogP contribution in [0.2, 0.25) is 0 Å². The van der Waals surface area contributed by atoms with Gasteiger partial charge in [0.2, 0.25) is 0 Å². The number of hydrogen-bond acceptors (Lipinski definition) is 2. The Morgan fingerprint density at radius 1 is 1.33 bits per heavy atom. The van der Waals surface area contributed by atoms with Gasteiger partial charge in [-0.25, -0.2) is 5.32 Å². The fourth-order valence-corrected chi connectivity index (χ4v) is 1.58. The van der Waals surface area contributed by atoms with Crippen LogP contribution < -0.4 is 11.1 Å². The van der Waals surface area contributed by atoms with Crippen LogP contribution in [0.25, 0.3) is 0 Å². The molecule has 0 spiro atoms. The minimum atomic E-state index is -0.0651. The van der Waals surface area contributed by atoms with Crippen molar-refractivity contribution in [1.82, 2.24) is 10.2 Å². The molecule has 12 heavy (non-hydrogen) atoms. The molecule has 0 aliphatic carbocycles. The average molecular weight is 170 g/mol. The lowest BCUT2D eigenvalue weighted by Crippen LogP contribution is -2.46. The predicted octanol–water partition coefficient (Wildman–Crippen LogP) is 0.0338. The largest absolute Gasteiger partial charge is 0.324 e. The van der Waals surface area contributed by atoms with Gasteiger partial charge in [-0.2, -0.15) is 0 Å². The molecule has 3 heteroatoms. The normalized spacial score (nSPS) is 22.2. The molecule has 0 aromatic rings. The van der Waals surface area contributed by atoms with Crippen LogP contribution in [-0.2, 0) is 0 Å². The minimum Gasteiger partial charge on any atom is -0.324 e. The van der Waals surface area contributed by atoms with Crippen LogP contribution in [0.15, 0.2) is 0 Å². The van der Waals surface area contributed by atoms with Crippen LogP contribution in [0.4, 0.5) is 0 Å². The Balaban J connectivity index is 2.30. The first-order chi connectivity index (χ1) is 5.58. The van der Waals surface area contributed by atoms with Crippen LogP contribution >= 0.6 is 0 Å². The lowest BCUT2D eigenvalue weighted by Gasteiger charge is -2.28. The molecule has 1 radical (unpaired) electrons. The van der Waals surface area contributed by atoms with E-state index in [9.17, 15) is 0 Å². The summed E-state index contributed by atoms with van der Waals surface area (Å²) in [6.07, 6.45) is 1.19. The topological polar surface area (TPSA) is 43.4 Å². The number of rotatable bonds is 2. The van der Waals surface area contributed by atoms with Crippen LogP contribution in [0.3, 0.4) is 0 Å². The molecule has 1 saturated heterocycles. The summed E-state index contributed by atoms with van der Waals surface area (Å²) in [7, 11) is 0. The van der Waals surface area contributed by atoms with Crippen molar-refractivity contribution in [1.29, 1.82) is 0 Å². The fourth-order valence-electron chi connectivity index (χ4n) is 1.58. The van der Waals surface area contributed by atoms with Gasteiger partial charge in [-0.15, -0.1) is 0 Å². The molecule has 0 unspecified atom stereocenters. The lowest BCUT2D eigenvalue weighted by molar-refractivity contribution is 0.239. The van der Waals surface area contributed by atoms with Gasteiger partial charge in [-0.05, 0) is 26.8 Å². The Kier molecular flexibility index (Phi) is 3.50. The summed E-state index contributed by atoms with van der Waals surface area (Å²) in [6.45, 7) is 9.40. The maximum atomic E-state index is 5.95. The third-order valence-electron chi connectivity index (χ3n) is 2.00. The highest BCUT2D eigenvalue weighted by atomic mass is 15.2. The predicted molar refractivity (Wildman–Crippen MR) is 51.2 cm³/mol. The monoisotopic (exact) mass is 170 g/mol. The van der Waals surface area contributed by atoms with E-state index in [-0.39, 0.29) is 5.54 Å². The summed E-state index contributed by atoms with van der Waals surface area (Å²) in [5, 5.41) is 4.37. The molecule has 2 N–H and O–H groups in total. The van der Waals surface area contributed by atoms with Gasteiger partial charge < -0.3 is 10.6 Å². The fraction of sp³-hybridized carbons (Fsp3) is 1.00. The molecule has 0 amide bonds. The summed E-state index contributed by atoms with van der Waals surface area (Å²) in [6, 6.07) is 0. The Hall–Kier alpha value is -0.120. The van der Waals surface area contributed by atoms with Gasteiger partial charge >= 0.3 is 0 Å². The van der Waals surface area contributed by atoms with Gasteiger partial charge in [0.1, 0.15) is 0 Å². The summed E-state index contributed by atoms with van der Waals surface area (Å²) >= 11 is 0. The van der Waals surface area contributed by atoms with E-state index in [0.717, 1.165) is 32.7 Å². The third kappa shape index (κ3) is 4.04. The molecule has 1 heterocycles. The SMILES string of the molecule is CC(C)(N)CN1CCC[N]CC1. The van der Waals surface area contributed by atoms with E-state index >= 15 is 0 Å². The first-order valence-corrected chi connectivity index (χ1v) is 4.72. The Morgan fingerprint density at radius 2 is 2.08 bits per heavy atom. The molecule has 0 aromatic heterocycles.